The minimum Gasteiger partial charge on any atom is -0.508 e. The molecular formula is C45H47F3N8O4. The smallest absolute Gasteiger partial charge is 0.319 e. The molecule has 1 saturated carbocycles. The number of pyridine rings is 2. The fourth-order valence-corrected chi connectivity index (χ4v) is 9.10. The number of aromatic hydroxyl groups is 1. The van der Waals surface area contributed by atoms with E-state index in [0.29, 0.717) is 25.1 Å². The van der Waals surface area contributed by atoms with Gasteiger partial charge in [0.2, 0.25) is 5.91 Å². The van der Waals surface area contributed by atoms with Crippen molar-refractivity contribution < 1.29 is 32.5 Å². The molecule has 0 radical (unpaired) electrons. The molecule has 2 aromatic carbocycles. The average Bonchev–Trinajstić information content (AvgIpc) is 3.86. The van der Waals surface area contributed by atoms with Crippen LogP contribution in [0.15, 0.2) is 61.4 Å². The molecule has 5 aromatic rings. The predicted molar refractivity (Wildman–Crippen MR) is 225 cm³/mol. The number of phenols is 1. The molecule has 15 heteroatoms. The van der Waals surface area contributed by atoms with Gasteiger partial charge in [0.1, 0.15) is 47.2 Å². The number of rotatable bonds is 11. The average molecular weight is 821 g/mol. The topological polar surface area (TPSA) is 129 Å². The summed E-state index contributed by atoms with van der Waals surface area (Å²) in [6.45, 7) is 9.80. The highest BCUT2D eigenvalue weighted by Gasteiger charge is 2.44. The van der Waals surface area contributed by atoms with E-state index >= 15 is 13.2 Å². The van der Waals surface area contributed by atoms with Crippen LogP contribution in [0.5, 0.6) is 11.8 Å². The molecule has 3 aliphatic rings. The molecule has 1 aliphatic carbocycles. The molecule has 3 aromatic heterocycles. The van der Waals surface area contributed by atoms with Crippen LogP contribution in [0.4, 0.5) is 30.5 Å². The largest absolute Gasteiger partial charge is 0.508 e. The SMILES string of the molecule is C#Cc1c(F)ccc2cc(O)cc(-c3ncc4c(NCC5(N(C)C(=O)C=C)CCCC5)nc(OC[C@]5(C)C[C@@H](F)CN5c5ccnc(N6CCOC[C@H]6C)c5)nc4c3F)c12. The van der Waals surface area contributed by atoms with E-state index in [9.17, 15) is 9.90 Å². The zero-order valence-electron chi connectivity index (χ0n) is 33.8. The third kappa shape index (κ3) is 7.38. The number of nitrogens with zero attached hydrogens (tertiary/aromatic N) is 7. The lowest BCUT2D eigenvalue weighted by Gasteiger charge is -2.39. The number of morpholine rings is 1. The van der Waals surface area contributed by atoms with Gasteiger partial charge in [0.05, 0.1) is 41.3 Å². The summed E-state index contributed by atoms with van der Waals surface area (Å²) < 4.78 is 59.6. The van der Waals surface area contributed by atoms with Gasteiger partial charge in [0.25, 0.3) is 0 Å². The molecule has 2 N–H and O–H groups in total. The maximum absolute atomic E-state index is 17.2. The van der Waals surface area contributed by atoms with Gasteiger partial charge in [-0.25, -0.2) is 18.2 Å². The number of carbonyl (C=O) groups is 1. The maximum Gasteiger partial charge on any atom is 0.319 e. The van der Waals surface area contributed by atoms with Crippen LogP contribution < -0.4 is 19.9 Å². The Balaban J connectivity index is 1.19. The first-order valence-electron chi connectivity index (χ1n) is 20.1. The molecule has 3 fully saturated rings. The van der Waals surface area contributed by atoms with Gasteiger partial charge in [0, 0.05) is 68.2 Å². The standard InChI is InChI=1S/C45H47F3N8O4/c1-6-32-35(47)11-10-28-18-31(57)20-33(38(28)32)40-39(48)41-34(22-50-40)42(51-25-45(13-8-9-14-45)54(5)37(58)7-2)53-43(52-41)60-26-44(4)21-29(46)23-56(44)30-12-15-49-36(19-30)55-16-17-59-24-27(55)3/h1,7,10-12,15,18-20,22,27,29,57H,2,8-9,13-14,16-17,21,23-26H2,3-5H3,(H,51,52,53)/t27-,29-,44+/m1/s1. The Bertz CT molecular complexity index is 2530. The number of ether oxygens (including phenoxy) is 2. The van der Waals surface area contributed by atoms with Crippen molar-refractivity contribution in [1.29, 1.82) is 0 Å². The molecule has 312 valence electrons. The van der Waals surface area contributed by atoms with Crippen LogP contribution >= 0.6 is 0 Å². The summed E-state index contributed by atoms with van der Waals surface area (Å²) in [5.41, 5.74) is -1.14. The molecule has 2 saturated heterocycles. The highest BCUT2D eigenvalue weighted by molar-refractivity contribution is 6.03. The number of anilines is 3. The first kappa shape index (κ1) is 40.6. The lowest BCUT2D eigenvalue weighted by Crippen LogP contribution is -2.51. The molecule has 8 rings (SSSR count). The Labute approximate surface area is 346 Å². The van der Waals surface area contributed by atoms with E-state index in [1.807, 2.05) is 24.0 Å². The second-order valence-electron chi connectivity index (χ2n) is 16.3. The summed E-state index contributed by atoms with van der Waals surface area (Å²) in [6.07, 6.45) is 12.4. The van der Waals surface area contributed by atoms with Crippen LogP contribution in [0.25, 0.3) is 32.9 Å². The van der Waals surface area contributed by atoms with Crippen LogP contribution in [0.3, 0.4) is 0 Å². The number of nitrogens with one attached hydrogen (secondary N) is 1. The van der Waals surface area contributed by atoms with Gasteiger partial charge in [-0.1, -0.05) is 31.4 Å². The van der Waals surface area contributed by atoms with Crippen molar-refractivity contribution in [2.75, 3.05) is 61.6 Å². The highest BCUT2D eigenvalue weighted by Crippen LogP contribution is 2.41. The summed E-state index contributed by atoms with van der Waals surface area (Å²) in [4.78, 5) is 37.1. The van der Waals surface area contributed by atoms with E-state index in [2.05, 4.69) is 44.6 Å². The highest BCUT2D eigenvalue weighted by atomic mass is 19.1. The lowest BCUT2D eigenvalue weighted by molar-refractivity contribution is -0.129. The molecule has 1 amide bonds. The normalized spacial score (nSPS) is 21.3. The van der Waals surface area contributed by atoms with Gasteiger partial charge in [0.15, 0.2) is 5.82 Å². The van der Waals surface area contributed by atoms with Crippen LogP contribution in [0.1, 0.15) is 51.5 Å². The van der Waals surface area contributed by atoms with Crippen LogP contribution in [-0.2, 0) is 9.53 Å². The minimum absolute atomic E-state index is 0.0631. The molecule has 60 heavy (non-hydrogen) atoms. The van der Waals surface area contributed by atoms with Crippen molar-refractivity contribution in [3.63, 3.8) is 0 Å². The van der Waals surface area contributed by atoms with E-state index in [1.54, 1.807) is 18.1 Å². The molecule has 0 spiro atoms. The number of carbonyl (C=O) groups excluding carboxylic acids is 1. The number of amides is 1. The summed E-state index contributed by atoms with van der Waals surface area (Å²) in [6, 6.07) is 9.05. The van der Waals surface area contributed by atoms with Crippen LogP contribution in [0, 0.1) is 24.0 Å². The van der Waals surface area contributed by atoms with Gasteiger partial charge in [-0.2, -0.15) is 9.97 Å². The first-order valence-corrected chi connectivity index (χ1v) is 20.1. The number of phenolic OH excluding ortho intramolecular Hbond substituents is 1. The Morgan fingerprint density at radius 3 is 2.75 bits per heavy atom. The zero-order valence-corrected chi connectivity index (χ0v) is 33.8. The monoisotopic (exact) mass is 820 g/mol. The summed E-state index contributed by atoms with van der Waals surface area (Å²) in [5, 5.41) is 14.8. The number of fused-ring (bicyclic) bond motifs is 2. The zero-order chi connectivity index (χ0) is 42.3. The van der Waals surface area contributed by atoms with Crippen LogP contribution in [-0.4, -0.2) is 106 Å². The summed E-state index contributed by atoms with van der Waals surface area (Å²) in [7, 11) is 1.74. The third-order valence-corrected chi connectivity index (χ3v) is 12.4. The molecule has 12 nitrogen and oxygen atoms in total. The van der Waals surface area contributed by atoms with Gasteiger partial charge in [-0.05, 0) is 62.4 Å². The Morgan fingerprint density at radius 1 is 1.20 bits per heavy atom. The summed E-state index contributed by atoms with van der Waals surface area (Å²) in [5.74, 6) is 1.31. The number of hydrogen-bond donors (Lipinski definition) is 2. The number of benzene rings is 2. The van der Waals surface area contributed by atoms with E-state index in [1.165, 1.54) is 36.5 Å². The lowest BCUT2D eigenvalue weighted by atomic mass is 9.95. The number of terminal acetylenes is 1. The van der Waals surface area contributed by atoms with Gasteiger partial charge < -0.3 is 34.6 Å². The molecule has 3 atom stereocenters. The third-order valence-electron chi connectivity index (χ3n) is 12.4. The second kappa shape index (κ2) is 16.1. The first-order chi connectivity index (χ1) is 28.8. The van der Waals surface area contributed by atoms with Crippen molar-refractivity contribution in [3.05, 3.63) is 78.6 Å². The van der Waals surface area contributed by atoms with E-state index in [4.69, 9.17) is 20.9 Å². The van der Waals surface area contributed by atoms with Gasteiger partial charge in [-0.3, -0.25) is 9.78 Å². The second-order valence-corrected chi connectivity index (χ2v) is 16.3. The number of hydrogen-bond acceptors (Lipinski definition) is 11. The van der Waals surface area contributed by atoms with Crippen molar-refractivity contribution in [1.82, 2.24) is 24.8 Å². The molecular weight excluding hydrogens is 774 g/mol. The van der Waals surface area contributed by atoms with E-state index in [-0.39, 0.29) is 88.8 Å². The number of aromatic nitrogens is 4. The fourth-order valence-electron chi connectivity index (χ4n) is 9.10. The van der Waals surface area contributed by atoms with Crippen LogP contribution in [0.2, 0.25) is 0 Å². The van der Waals surface area contributed by atoms with Crippen molar-refractivity contribution >= 4 is 44.9 Å². The maximum atomic E-state index is 17.2. The van der Waals surface area contributed by atoms with Gasteiger partial charge >= 0.3 is 6.01 Å². The molecule has 0 bridgehead atoms. The molecule has 5 heterocycles. The Kier molecular flexibility index (Phi) is 10.9. The van der Waals surface area contributed by atoms with Crippen molar-refractivity contribution in [3.8, 4) is 35.4 Å². The van der Waals surface area contributed by atoms with E-state index in [0.717, 1.165) is 37.2 Å². The van der Waals surface area contributed by atoms with E-state index < -0.39 is 28.9 Å². The quantitative estimate of drug-likeness (QED) is 0.104. The fraction of sp³-hybridized carbons (Fsp3) is 0.400. The number of likely N-dealkylation sites (N-methyl/N-ethyl adjacent to an activating group) is 1. The molecule has 2 aliphatic heterocycles. The van der Waals surface area contributed by atoms with Crippen molar-refractivity contribution in [2.45, 2.75) is 69.2 Å². The Morgan fingerprint density at radius 2 is 2.00 bits per heavy atom. The van der Waals surface area contributed by atoms with Gasteiger partial charge in [-0.15, -0.1) is 6.42 Å². The number of halogens is 3. The Hall–Kier alpha value is -6.14. The number of alkyl halides is 1. The molecule has 0 unspecified atom stereocenters. The van der Waals surface area contributed by atoms with Crippen molar-refractivity contribution in [2.24, 2.45) is 0 Å². The predicted octanol–water partition coefficient (Wildman–Crippen LogP) is 7.19. The summed E-state index contributed by atoms with van der Waals surface area (Å²) >= 11 is 0. The minimum atomic E-state index is -1.16.